The molecule has 2 heterocycles. The van der Waals surface area contributed by atoms with Gasteiger partial charge in [0.1, 0.15) is 11.5 Å². The molecule has 1 aromatic carbocycles. The van der Waals surface area contributed by atoms with Crippen LogP contribution in [-0.2, 0) is 4.79 Å². The summed E-state index contributed by atoms with van der Waals surface area (Å²) >= 11 is 0. The Balaban J connectivity index is 1.35. The molecule has 4 rings (SSSR count). The zero-order chi connectivity index (χ0) is 22.5. The lowest BCUT2D eigenvalue weighted by Gasteiger charge is -2.15. The Labute approximate surface area is 187 Å². The maximum Gasteiger partial charge on any atom is 0.219 e. The maximum absolute atomic E-state index is 11.1. The van der Waals surface area contributed by atoms with Crippen molar-refractivity contribution in [2.24, 2.45) is 5.92 Å². The van der Waals surface area contributed by atoms with E-state index in [1.807, 2.05) is 37.3 Å². The first-order valence-corrected chi connectivity index (χ1v) is 10.8. The summed E-state index contributed by atoms with van der Waals surface area (Å²) in [5, 5.41) is 17.5. The van der Waals surface area contributed by atoms with Crippen LogP contribution in [0.5, 0.6) is 17.4 Å². The third-order valence-electron chi connectivity index (χ3n) is 5.21. The highest BCUT2D eigenvalue weighted by atomic mass is 16.5. The molecule has 1 amide bonds. The van der Waals surface area contributed by atoms with Crippen LogP contribution in [0.1, 0.15) is 44.8 Å². The van der Waals surface area contributed by atoms with Crippen LogP contribution >= 0.6 is 0 Å². The van der Waals surface area contributed by atoms with E-state index in [0.29, 0.717) is 29.5 Å². The van der Waals surface area contributed by atoms with Crippen molar-refractivity contribution in [2.45, 2.75) is 45.3 Å². The lowest BCUT2D eigenvalue weighted by molar-refractivity contribution is -0.119. The van der Waals surface area contributed by atoms with Crippen molar-refractivity contribution in [3.05, 3.63) is 60.6 Å². The molecule has 1 aliphatic carbocycles. The second kappa shape index (κ2) is 9.82. The molecule has 2 N–H and O–H groups in total. The SMILES string of the molecule is CC(=O)NC(C)CC(O)c1cnn(-c2ccc(Oc3cccc(OCC4CC4)c3)nc2)c1. The largest absolute Gasteiger partial charge is 0.493 e. The number of hydrogen-bond donors (Lipinski definition) is 2. The van der Waals surface area contributed by atoms with Crippen LogP contribution in [0.25, 0.3) is 5.69 Å². The average molecular weight is 437 g/mol. The highest BCUT2D eigenvalue weighted by Gasteiger charge is 2.22. The molecule has 1 fully saturated rings. The number of aliphatic hydroxyl groups excluding tert-OH is 1. The van der Waals surface area contributed by atoms with Crippen LogP contribution in [0.4, 0.5) is 0 Å². The quantitative estimate of drug-likeness (QED) is 0.502. The summed E-state index contributed by atoms with van der Waals surface area (Å²) in [4.78, 5) is 15.5. The molecule has 1 aliphatic rings. The van der Waals surface area contributed by atoms with Crippen LogP contribution in [0.3, 0.4) is 0 Å². The normalized spacial score (nSPS) is 15.1. The molecule has 2 aromatic heterocycles. The summed E-state index contributed by atoms with van der Waals surface area (Å²) in [6.45, 7) is 4.07. The molecule has 0 spiro atoms. The van der Waals surface area contributed by atoms with Gasteiger partial charge in [-0.05, 0) is 50.3 Å². The van der Waals surface area contributed by atoms with E-state index in [1.165, 1.54) is 19.8 Å². The monoisotopic (exact) mass is 436 g/mol. The summed E-state index contributed by atoms with van der Waals surface area (Å²) in [6.07, 6.45) is 7.20. The number of nitrogens with one attached hydrogen (secondary N) is 1. The molecule has 1 saturated carbocycles. The van der Waals surface area contributed by atoms with E-state index in [-0.39, 0.29) is 11.9 Å². The van der Waals surface area contributed by atoms with Crippen molar-refractivity contribution in [2.75, 3.05) is 6.61 Å². The number of pyridine rings is 1. The van der Waals surface area contributed by atoms with Crippen LogP contribution in [-0.4, -0.2) is 38.4 Å². The molecule has 32 heavy (non-hydrogen) atoms. The van der Waals surface area contributed by atoms with Crippen LogP contribution in [0.15, 0.2) is 55.0 Å². The van der Waals surface area contributed by atoms with Gasteiger partial charge in [-0.25, -0.2) is 9.67 Å². The highest BCUT2D eigenvalue weighted by Crippen LogP contribution is 2.31. The second-order valence-corrected chi connectivity index (χ2v) is 8.26. The van der Waals surface area contributed by atoms with Crippen LogP contribution < -0.4 is 14.8 Å². The zero-order valence-electron chi connectivity index (χ0n) is 18.3. The van der Waals surface area contributed by atoms with Gasteiger partial charge in [0.2, 0.25) is 11.8 Å². The van der Waals surface area contributed by atoms with Crippen molar-refractivity contribution in [3.8, 4) is 23.1 Å². The molecular formula is C24H28N4O4. The molecule has 3 aromatic rings. The minimum absolute atomic E-state index is 0.119. The van der Waals surface area contributed by atoms with Crippen molar-refractivity contribution in [3.63, 3.8) is 0 Å². The summed E-state index contributed by atoms with van der Waals surface area (Å²) in [5.41, 5.74) is 1.41. The average Bonchev–Trinajstić information content (AvgIpc) is 3.46. The van der Waals surface area contributed by atoms with Gasteiger partial charge >= 0.3 is 0 Å². The number of amides is 1. The van der Waals surface area contributed by atoms with Crippen molar-refractivity contribution >= 4 is 5.91 Å². The van der Waals surface area contributed by atoms with E-state index in [9.17, 15) is 9.90 Å². The van der Waals surface area contributed by atoms with E-state index in [1.54, 1.807) is 29.3 Å². The first-order chi connectivity index (χ1) is 15.5. The predicted molar refractivity (Wildman–Crippen MR) is 119 cm³/mol. The molecular weight excluding hydrogens is 408 g/mol. The van der Waals surface area contributed by atoms with Gasteiger partial charge in [-0.1, -0.05) is 6.07 Å². The van der Waals surface area contributed by atoms with Gasteiger partial charge in [-0.15, -0.1) is 0 Å². The van der Waals surface area contributed by atoms with E-state index >= 15 is 0 Å². The maximum atomic E-state index is 11.1. The fraction of sp³-hybridized carbons (Fsp3) is 0.375. The first-order valence-electron chi connectivity index (χ1n) is 10.8. The number of benzene rings is 1. The Morgan fingerprint density at radius 3 is 2.78 bits per heavy atom. The van der Waals surface area contributed by atoms with Gasteiger partial charge in [0.05, 0.1) is 30.8 Å². The van der Waals surface area contributed by atoms with Gasteiger partial charge in [0.15, 0.2) is 0 Å². The Bertz CT molecular complexity index is 1050. The lowest BCUT2D eigenvalue weighted by atomic mass is 10.1. The molecule has 2 atom stereocenters. The molecule has 0 aliphatic heterocycles. The number of aromatic nitrogens is 3. The van der Waals surface area contributed by atoms with E-state index in [4.69, 9.17) is 9.47 Å². The van der Waals surface area contributed by atoms with Crippen molar-refractivity contribution < 1.29 is 19.4 Å². The second-order valence-electron chi connectivity index (χ2n) is 8.26. The molecule has 0 saturated heterocycles. The summed E-state index contributed by atoms with van der Waals surface area (Å²) < 4.78 is 13.3. The molecule has 168 valence electrons. The number of carbonyl (C=O) groups is 1. The lowest BCUT2D eigenvalue weighted by Crippen LogP contribution is -2.31. The minimum atomic E-state index is -0.726. The summed E-state index contributed by atoms with van der Waals surface area (Å²) in [7, 11) is 0. The highest BCUT2D eigenvalue weighted by molar-refractivity contribution is 5.73. The van der Waals surface area contributed by atoms with Gasteiger partial charge in [0.25, 0.3) is 0 Å². The number of hydrogen-bond acceptors (Lipinski definition) is 6. The van der Waals surface area contributed by atoms with Gasteiger partial charge in [0, 0.05) is 36.9 Å². The first kappa shape index (κ1) is 21.8. The third kappa shape index (κ3) is 6.07. The number of nitrogens with zero attached hydrogens (tertiary/aromatic N) is 3. The Morgan fingerprint density at radius 1 is 1.25 bits per heavy atom. The predicted octanol–water partition coefficient (Wildman–Crippen LogP) is 3.80. The molecule has 0 bridgehead atoms. The van der Waals surface area contributed by atoms with Gasteiger partial charge in [-0.3, -0.25) is 4.79 Å². The van der Waals surface area contributed by atoms with Gasteiger partial charge in [-0.2, -0.15) is 5.10 Å². The Hall–Kier alpha value is -3.39. The molecule has 8 heteroatoms. The standard InChI is InChI=1S/C24H28N4O4/c1-16(27-17(2)29)10-23(30)19-12-26-28(14-19)20-8-9-24(25-13-20)32-22-5-3-4-21(11-22)31-15-18-6-7-18/h3-5,8-9,11-14,16,18,23,30H,6-7,10,15H2,1-2H3,(H,27,29). The van der Waals surface area contributed by atoms with Gasteiger partial charge < -0.3 is 19.9 Å². The van der Waals surface area contributed by atoms with Crippen molar-refractivity contribution in [1.29, 1.82) is 0 Å². The fourth-order valence-corrected chi connectivity index (χ4v) is 3.34. The Morgan fingerprint density at radius 2 is 2.06 bits per heavy atom. The number of carbonyl (C=O) groups excluding carboxylic acids is 1. The fourth-order valence-electron chi connectivity index (χ4n) is 3.34. The van der Waals surface area contributed by atoms with Crippen LogP contribution in [0.2, 0.25) is 0 Å². The number of aliphatic hydroxyl groups is 1. The molecule has 0 radical (unpaired) electrons. The van der Waals surface area contributed by atoms with Crippen LogP contribution in [0, 0.1) is 5.92 Å². The van der Waals surface area contributed by atoms with E-state index in [0.717, 1.165) is 18.0 Å². The number of rotatable bonds is 10. The molecule has 8 nitrogen and oxygen atoms in total. The zero-order valence-corrected chi connectivity index (χ0v) is 18.3. The summed E-state index contributed by atoms with van der Waals surface area (Å²) in [6, 6.07) is 11.0. The third-order valence-corrected chi connectivity index (χ3v) is 5.21. The summed E-state index contributed by atoms with van der Waals surface area (Å²) in [5.74, 6) is 2.49. The smallest absolute Gasteiger partial charge is 0.219 e. The van der Waals surface area contributed by atoms with E-state index in [2.05, 4.69) is 15.4 Å². The Kier molecular flexibility index (Phi) is 6.70. The van der Waals surface area contributed by atoms with E-state index < -0.39 is 6.10 Å². The number of ether oxygens (including phenoxy) is 2. The van der Waals surface area contributed by atoms with Crippen molar-refractivity contribution in [1.82, 2.24) is 20.1 Å². The topological polar surface area (TPSA) is 98.5 Å². The molecule has 2 unspecified atom stereocenters. The minimum Gasteiger partial charge on any atom is -0.493 e.